The molecular formula is C16H15BrN2O3. The van der Waals surface area contributed by atoms with Gasteiger partial charge < -0.3 is 9.47 Å². The molecule has 114 valence electrons. The van der Waals surface area contributed by atoms with Crippen LogP contribution in [-0.4, -0.2) is 26.3 Å². The summed E-state index contributed by atoms with van der Waals surface area (Å²) in [7, 11) is 3.12. The van der Waals surface area contributed by atoms with Crippen molar-refractivity contribution >= 4 is 28.1 Å². The molecule has 0 saturated heterocycles. The van der Waals surface area contributed by atoms with Crippen LogP contribution in [-0.2, 0) is 0 Å². The Balaban J connectivity index is 2.10. The van der Waals surface area contributed by atoms with Crippen LogP contribution in [0.5, 0.6) is 11.5 Å². The Hall–Kier alpha value is -2.34. The number of amides is 1. The number of hydrogen-bond acceptors (Lipinski definition) is 4. The van der Waals surface area contributed by atoms with Crippen LogP contribution in [0.2, 0.25) is 0 Å². The molecule has 0 saturated carbocycles. The van der Waals surface area contributed by atoms with E-state index in [9.17, 15) is 4.79 Å². The molecular weight excluding hydrogens is 348 g/mol. The molecule has 5 nitrogen and oxygen atoms in total. The number of hydrazone groups is 1. The average molecular weight is 363 g/mol. The van der Waals surface area contributed by atoms with Crippen molar-refractivity contribution in [1.82, 2.24) is 5.43 Å². The molecule has 0 aromatic heterocycles. The minimum absolute atomic E-state index is 0.267. The van der Waals surface area contributed by atoms with Crippen LogP contribution in [0, 0.1) is 0 Å². The summed E-state index contributed by atoms with van der Waals surface area (Å²) in [4.78, 5) is 11.8. The molecule has 0 radical (unpaired) electrons. The first-order valence-electron chi connectivity index (χ1n) is 6.45. The number of ether oxygens (including phenoxy) is 2. The number of benzene rings is 2. The second kappa shape index (κ2) is 7.61. The molecule has 0 aliphatic heterocycles. The van der Waals surface area contributed by atoms with Gasteiger partial charge >= 0.3 is 0 Å². The normalized spacial score (nSPS) is 10.5. The van der Waals surface area contributed by atoms with Gasteiger partial charge in [0.25, 0.3) is 5.91 Å². The molecule has 0 atom stereocenters. The van der Waals surface area contributed by atoms with E-state index in [1.165, 1.54) is 6.21 Å². The van der Waals surface area contributed by atoms with Gasteiger partial charge in [0.15, 0.2) is 11.5 Å². The topological polar surface area (TPSA) is 59.9 Å². The Labute approximate surface area is 137 Å². The number of carbonyl (C=O) groups excluding carboxylic acids is 1. The second-order valence-electron chi connectivity index (χ2n) is 4.30. The van der Waals surface area contributed by atoms with Gasteiger partial charge in [-0.2, -0.15) is 5.10 Å². The standard InChI is InChI=1S/C16H15BrN2O3/c1-21-14-9-11(8-13(17)15(14)22-2)10-18-19-16(20)12-6-4-3-5-7-12/h3-10H,1-2H3,(H,19,20)/b18-10-. The summed E-state index contributed by atoms with van der Waals surface area (Å²) in [5.41, 5.74) is 3.79. The lowest BCUT2D eigenvalue weighted by atomic mass is 10.2. The van der Waals surface area contributed by atoms with Crippen molar-refractivity contribution in [3.8, 4) is 11.5 Å². The summed E-state index contributed by atoms with van der Waals surface area (Å²) in [5.74, 6) is 0.914. The SMILES string of the molecule is COc1cc(/C=N\NC(=O)c2ccccc2)cc(Br)c1OC. The molecule has 1 amide bonds. The van der Waals surface area contributed by atoms with Crippen LogP contribution in [0.3, 0.4) is 0 Å². The van der Waals surface area contributed by atoms with Crippen LogP contribution < -0.4 is 14.9 Å². The lowest BCUT2D eigenvalue weighted by Crippen LogP contribution is -2.17. The lowest BCUT2D eigenvalue weighted by Gasteiger charge is -2.10. The van der Waals surface area contributed by atoms with Crippen LogP contribution in [0.15, 0.2) is 52.0 Å². The van der Waals surface area contributed by atoms with E-state index in [2.05, 4.69) is 26.5 Å². The summed E-state index contributed by atoms with van der Waals surface area (Å²) < 4.78 is 11.2. The maximum absolute atomic E-state index is 11.8. The second-order valence-corrected chi connectivity index (χ2v) is 5.16. The summed E-state index contributed by atoms with van der Waals surface area (Å²) in [6.07, 6.45) is 1.54. The first-order chi connectivity index (χ1) is 10.7. The summed E-state index contributed by atoms with van der Waals surface area (Å²) in [6, 6.07) is 12.5. The van der Waals surface area contributed by atoms with E-state index in [-0.39, 0.29) is 5.91 Å². The Bertz CT molecular complexity index is 687. The maximum atomic E-state index is 11.8. The third-order valence-electron chi connectivity index (χ3n) is 2.87. The molecule has 2 aromatic carbocycles. The van der Waals surface area contributed by atoms with Crippen molar-refractivity contribution in [3.05, 3.63) is 58.1 Å². The minimum atomic E-state index is -0.267. The average Bonchev–Trinajstić information content (AvgIpc) is 2.55. The number of rotatable bonds is 5. The van der Waals surface area contributed by atoms with Crippen molar-refractivity contribution in [3.63, 3.8) is 0 Å². The molecule has 0 unspecified atom stereocenters. The third-order valence-corrected chi connectivity index (χ3v) is 3.46. The van der Waals surface area contributed by atoms with E-state index in [0.717, 1.165) is 10.0 Å². The number of nitrogens with zero attached hydrogens (tertiary/aromatic N) is 1. The van der Waals surface area contributed by atoms with E-state index in [0.29, 0.717) is 17.1 Å². The summed E-state index contributed by atoms with van der Waals surface area (Å²) in [5, 5.41) is 3.95. The zero-order valence-electron chi connectivity index (χ0n) is 12.2. The fraction of sp³-hybridized carbons (Fsp3) is 0.125. The molecule has 0 heterocycles. The van der Waals surface area contributed by atoms with Gasteiger partial charge in [-0.25, -0.2) is 5.43 Å². The highest BCUT2D eigenvalue weighted by Gasteiger charge is 2.09. The van der Waals surface area contributed by atoms with E-state index in [1.54, 1.807) is 44.6 Å². The molecule has 2 rings (SSSR count). The number of halogens is 1. The summed E-state index contributed by atoms with van der Waals surface area (Å²) in [6.45, 7) is 0. The minimum Gasteiger partial charge on any atom is -0.493 e. The molecule has 0 bridgehead atoms. The van der Waals surface area contributed by atoms with Crippen molar-refractivity contribution in [1.29, 1.82) is 0 Å². The maximum Gasteiger partial charge on any atom is 0.271 e. The smallest absolute Gasteiger partial charge is 0.271 e. The predicted molar refractivity (Wildman–Crippen MR) is 88.7 cm³/mol. The van der Waals surface area contributed by atoms with Gasteiger partial charge in [0.2, 0.25) is 0 Å². The predicted octanol–water partition coefficient (Wildman–Crippen LogP) is 3.23. The zero-order chi connectivity index (χ0) is 15.9. The molecule has 0 aliphatic rings. The van der Waals surface area contributed by atoms with Crippen molar-refractivity contribution in [2.75, 3.05) is 14.2 Å². The first kappa shape index (κ1) is 16.0. The molecule has 1 N–H and O–H groups in total. The zero-order valence-corrected chi connectivity index (χ0v) is 13.8. The quantitative estimate of drug-likeness (QED) is 0.656. The van der Waals surface area contributed by atoms with Gasteiger partial charge in [-0.05, 0) is 45.8 Å². The Morgan fingerprint density at radius 1 is 1.18 bits per heavy atom. The summed E-state index contributed by atoms with van der Waals surface area (Å²) >= 11 is 3.40. The molecule has 0 fully saturated rings. The monoisotopic (exact) mass is 362 g/mol. The fourth-order valence-electron chi connectivity index (χ4n) is 1.83. The molecule has 6 heteroatoms. The lowest BCUT2D eigenvalue weighted by molar-refractivity contribution is 0.0955. The van der Waals surface area contributed by atoms with Gasteiger partial charge in [-0.3, -0.25) is 4.79 Å². The van der Waals surface area contributed by atoms with Crippen molar-refractivity contribution in [2.24, 2.45) is 5.10 Å². The third kappa shape index (κ3) is 3.85. The first-order valence-corrected chi connectivity index (χ1v) is 7.25. The number of hydrogen-bond donors (Lipinski definition) is 1. The Kier molecular flexibility index (Phi) is 5.55. The Morgan fingerprint density at radius 2 is 1.91 bits per heavy atom. The highest BCUT2D eigenvalue weighted by molar-refractivity contribution is 9.10. The Morgan fingerprint density at radius 3 is 2.55 bits per heavy atom. The van der Waals surface area contributed by atoms with E-state index >= 15 is 0 Å². The van der Waals surface area contributed by atoms with Crippen LogP contribution in [0.4, 0.5) is 0 Å². The molecule has 0 aliphatic carbocycles. The molecule has 22 heavy (non-hydrogen) atoms. The molecule has 0 spiro atoms. The van der Waals surface area contributed by atoms with E-state index in [4.69, 9.17) is 9.47 Å². The fourth-order valence-corrected chi connectivity index (χ4v) is 2.45. The van der Waals surface area contributed by atoms with E-state index < -0.39 is 0 Å². The van der Waals surface area contributed by atoms with Crippen molar-refractivity contribution < 1.29 is 14.3 Å². The van der Waals surface area contributed by atoms with Gasteiger partial charge in [0.05, 0.1) is 24.9 Å². The number of methoxy groups -OCH3 is 2. The largest absolute Gasteiger partial charge is 0.493 e. The highest BCUT2D eigenvalue weighted by Crippen LogP contribution is 2.35. The van der Waals surface area contributed by atoms with Gasteiger partial charge in [0.1, 0.15) is 0 Å². The van der Waals surface area contributed by atoms with Crippen LogP contribution >= 0.6 is 15.9 Å². The van der Waals surface area contributed by atoms with Gasteiger partial charge in [-0.1, -0.05) is 18.2 Å². The van der Waals surface area contributed by atoms with Crippen molar-refractivity contribution in [2.45, 2.75) is 0 Å². The number of nitrogens with one attached hydrogen (secondary N) is 1. The van der Waals surface area contributed by atoms with Gasteiger partial charge in [0, 0.05) is 5.56 Å². The van der Waals surface area contributed by atoms with Gasteiger partial charge in [-0.15, -0.1) is 0 Å². The van der Waals surface area contributed by atoms with Crippen LogP contribution in [0.25, 0.3) is 0 Å². The highest BCUT2D eigenvalue weighted by atomic mass is 79.9. The van der Waals surface area contributed by atoms with Crippen LogP contribution in [0.1, 0.15) is 15.9 Å². The molecule has 2 aromatic rings. The van der Waals surface area contributed by atoms with E-state index in [1.807, 2.05) is 12.1 Å². The number of carbonyl (C=O) groups is 1.